The molecule has 0 atom stereocenters. The molecule has 0 saturated heterocycles. The van der Waals surface area contributed by atoms with Gasteiger partial charge in [-0.25, -0.2) is 0 Å². The zero-order valence-corrected chi connectivity index (χ0v) is 9.52. The minimum absolute atomic E-state index is 0.183. The van der Waals surface area contributed by atoms with Gasteiger partial charge in [-0.15, -0.1) is 10.2 Å². The Kier molecular flexibility index (Phi) is 3.60. The standard InChI is InChI=1S/C8H10ClN3OS/c1-5(2)4-12(3)7(13)6-10-11-8(9)14-6/h1,4H2,2-3H3. The Labute approximate surface area is 91.2 Å². The number of rotatable bonds is 3. The van der Waals surface area contributed by atoms with Crippen LogP contribution in [0.1, 0.15) is 16.7 Å². The molecule has 1 rings (SSSR count). The zero-order chi connectivity index (χ0) is 10.7. The Morgan fingerprint density at radius 2 is 2.29 bits per heavy atom. The number of carbonyl (C=O) groups excluding carboxylic acids is 1. The van der Waals surface area contributed by atoms with Gasteiger partial charge in [-0.1, -0.05) is 23.5 Å². The molecule has 0 saturated carbocycles. The van der Waals surface area contributed by atoms with E-state index in [1.165, 1.54) is 4.90 Å². The molecule has 0 aliphatic rings. The maximum Gasteiger partial charge on any atom is 0.284 e. The lowest BCUT2D eigenvalue weighted by atomic mass is 10.3. The highest BCUT2D eigenvalue weighted by atomic mass is 35.5. The van der Waals surface area contributed by atoms with Crippen LogP contribution in [0.3, 0.4) is 0 Å². The summed E-state index contributed by atoms with van der Waals surface area (Å²) in [5, 5.41) is 7.53. The molecule has 1 amide bonds. The third-order valence-corrected chi connectivity index (χ3v) is 2.44. The van der Waals surface area contributed by atoms with E-state index in [0.29, 0.717) is 11.6 Å². The highest BCUT2D eigenvalue weighted by molar-refractivity contribution is 7.17. The van der Waals surface area contributed by atoms with Crippen molar-refractivity contribution in [2.45, 2.75) is 6.92 Å². The molecule has 14 heavy (non-hydrogen) atoms. The topological polar surface area (TPSA) is 46.1 Å². The molecule has 1 aromatic heterocycles. The number of amides is 1. The largest absolute Gasteiger partial charge is 0.336 e. The van der Waals surface area contributed by atoms with Crippen molar-refractivity contribution in [2.24, 2.45) is 0 Å². The second-order valence-electron chi connectivity index (χ2n) is 2.98. The number of hydrogen-bond acceptors (Lipinski definition) is 4. The quantitative estimate of drug-likeness (QED) is 0.746. The van der Waals surface area contributed by atoms with Crippen molar-refractivity contribution in [1.82, 2.24) is 15.1 Å². The van der Waals surface area contributed by atoms with Gasteiger partial charge in [0.05, 0.1) is 0 Å². The Balaban J connectivity index is 2.70. The first kappa shape index (κ1) is 11.1. The second-order valence-corrected chi connectivity index (χ2v) is 4.54. The predicted molar refractivity (Wildman–Crippen MR) is 56.7 cm³/mol. The van der Waals surface area contributed by atoms with E-state index in [-0.39, 0.29) is 10.4 Å². The van der Waals surface area contributed by atoms with Crippen LogP contribution in [0.2, 0.25) is 4.47 Å². The molecule has 0 spiro atoms. The molecular formula is C8H10ClN3OS. The number of carbonyl (C=O) groups is 1. The molecule has 76 valence electrons. The fraction of sp³-hybridized carbons (Fsp3) is 0.375. The monoisotopic (exact) mass is 231 g/mol. The number of likely N-dealkylation sites (N-methyl/N-ethyl adjacent to an activating group) is 1. The highest BCUT2D eigenvalue weighted by Gasteiger charge is 2.16. The van der Waals surface area contributed by atoms with Crippen LogP contribution < -0.4 is 0 Å². The fourth-order valence-corrected chi connectivity index (χ4v) is 1.75. The molecule has 0 fully saturated rings. The van der Waals surface area contributed by atoms with Crippen molar-refractivity contribution < 1.29 is 4.79 Å². The molecule has 0 aromatic carbocycles. The molecule has 1 aromatic rings. The van der Waals surface area contributed by atoms with Crippen LogP contribution in [0.5, 0.6) is 0 Å². The Hall–Kier alpha value is -0.940. The van der Waals surface area contributed by atoms with E-state index in [2.05, 4.69) is 16.8 Å². The average Bonchev–Trinajstić information content (AvgIpc) is 2.49. The van der Waals surface area contributed by atoms with Crippen LogP contribution >= 0.6 is 22.9 Å². The van der Waals surface area contributed by atoms with E-state index >= 15 is 0 Å². The number of aromatic nitrogens is 2. The average molecular weight is 232 g/mol. The van der Waals surface area contributed by atoms with E-state index in [1.807, 2.05) is 6.92 Å². The van der Waals surface area contributed by atoms with Crippen molar-refractivity contribution in [3.63, 3.8) is 0 Å². The molecule has 6 heteroatoms. The second kappa shape index (κ2) is 4.52. The maximum absolute atomic E-state index is 11.6. The van der Waals surface area contributed by atoms with Gasteiger partial charge in [-0.2, -0.15) is 0 Å². The molecule has 0 aliphatic carbocycles. The summed E-state index contributed by atoms with van der Waals surface area (Å²) >= 11 is 6.65. The number of nitrogens with zero attached hydrogens (tertiary/aromatic N) is 3. The lowest BCUT2D eigenvalue weighted by Crippen LogP contribution is -2.28. The Bertz CT molecular complexity index is 363. The molecule has 0 aliphatic heterocycles. The highest BCUT2D eigenvalue weighted by Crippen LogP contribution is 2.16. The molecular weight excluding hydrogens is 222 g/mol. The summed E-state index contributed by atoms with van der Waals surface area (Å²) in [6.45, 7) is 6.09. The lowest BCUT2D eigenvalue weighted by molar-refractivity contribution is 0.0806. The third-order valence-electron chi connectivity index (χ3n) is 1.44. The van der Waals surface area contributed by atoms with Crippen LogP contribution in [-0.2, 0) is 0 Å². The van der Waals surface area contributed by atoms with Crippen molar-refractivity contribution in [2.75, 3.05) is 13.6 Å². The molecule has 0 radical (unpaired) electrons. The predicted octanol–water partition coefficient (Wildman–Crippen LogP) is 1.84. The molecule has 0 bridgehead atoms. The van der Waals surface area contributed by atoms with Crippen LogP contribution in [0.15, 0.2) is 12.2 Å². The normalized spacial score (nSPS) is 9.93. The lowest BCUT2D eigenvalue weighted by Gasteiger charge is -2.14. The summed E-state index contributed by atoms with van der Waals surface area (Å²) in [5.41, 5.74) is 0.913. The Morgan fingerprint density at radius 1 is 1.64 bits per heavy atom. The first-order valence-electron chi connectivity index (χ1n) is 3.89. The zero-order valence-electron chi connectivity index (χ0n) is 7.95. The van der Waals surface area contributed by atoms with Crippen LogP contribution in [-0.4, -0.2) is 34.6 Å². The number of hydrogen-bond donors (Lipinski definition) is 0. The van der Waals surface area contributed by atoms with Gasteiger partial charge in [-0.3, -0.25) is 4.79 Å². The molecule has 1 heterocycles. The summed E-state index contributed by atoms with van der Waals surface area (Å²) in [4.78, 5) is 13.2. The minimum atomic E-state index is -0.183. The van der Waals surface area contributed by atoms with Gasteiger partial charge in [0.1, 0.15) is 0 Å². The van der Waals surface area contributed by atoms with Gasteiger partial charge in [0.15, 0.2) is 0 Å². The van der Waals surface area contributed by atoms with E-state index in [0.717, 1.165) is 16.9 Å². The van der Waals surface area contributed by atoms with Gasteiger partial charge in [0.2, 0.25) is 9.47 Å². The van der Waals surface area contributed by atoms with E-state index in [1.54, 1.807) is 7.05 Å². The van der Waals surface area contributed by atoms with Gasteiger partial charge >= 0.3 is 0 Å². The summed E-state index contributed by atoms with van der Waals surface area (Å²) < 4.78 is 0.275. The van der Waals surface area contributed by atoms with Crippen LogP contribution in [0.4, 0.5) is 0 Å². The van der Waals surface area contributed by atoms with Gasteiger partial charge in [0, 0.05) is 13.6 Å². The van der Waals surface area contributed by atoms with Gasteiger partial charge < -0.3 is 4.90 Å². The smallest absolute Gasteiger partial charge is 0.284 e. The van der Waals surface area contributed by atoms with Crippen molar-refractivity contribution in [1.29, 1.82) is 0 Å². The number of halogens is 1. The summed E-state index contributed by atoms with van der Waals surface area (Å²) in [6, 6.07) is 0. The minimum Gasteiger partial charge on any atom is -0.336 e. The van der Waals surface area contributed by atoms with Gasteiger partial charge in [-0.05, 0) is 18.5 Å². The van der Waals surface area contributed by atoms with Crippen LogP contribution in [0.25, 0.3) is 0 Å². The van der Waals surface area contributed by atoms with E-state index < -0.39 is 0 Å². The fourth-order valence-electron chi connectivity index (χ4n) is 0.932. The summed E-state index contributed by atoms with van der Waals surface area (Å²) in [7, 11) is 1.69. The van der Waals surface area contributed by atoms with Crippen molar-refractivity contribution >= 4 is 28.8 Å². The van der Waals surface area contributed by atoms with Crippen molar-refractivity contribution in [3.8, 4) is 0 Å². The van der Waals surface area contributed by atoms with Crippen molar-refractivity contribution in [3.05, 3.63) is 21.6 Å². The maximum atomic E-state index is 11.6. The van der Waals surface area contributed by atoms with Crippen LogP contribution in [0, 0.1) is 0 Å². The van der Waals surface area contributed by atoms with Gasteiger partial charge in [0.25, 0.3) is 5.91 Å². The first-order chi connectivity index (χ1) is 6.50. The summed E-state index contributed by atoms with van der Waals surface area (Å²) in [6.07, 6.45) is 0. The molecule has 0 unspecified atom stereocenters. The Morgan fingerprint density at radius 3 is 2.71 bits per heavy atom. The SMILES string of the molecule is C=C(C)CN(C)C(=O)c1nnc(Cl)s1. The summed E-state index contributed by atoms with van der Waals surface area (Å²) in [5.74, 6) is -0.183. The van der Waals surface area contributed by atoms with E-state index in [9.17, 15) is 4.79 Å². The van der Waals surface area contributed by atoms with E-state index in [4.69, 9.17) is 11.6 Å². The third kappa shape index (κ3) is 2.78. The molecule has 0 N–H and O–H groups in total. The molecule has 4 nitrogen and oxygen atoms in total. The first-order valence-corrected chi connectivity index (χ1v) is 5.09.